The van der Waals surface area contributed by atoms with Crippen LogP contribution in [-0.4, -0.2) is 98.3 Å². The standard InChI is InChI=1S/C31H46O10/c1-2-24-16-10-5-3-4-8-14-22(33)20-23(34)15-9-6-11-17-25(18-12-7-13-19-27(35)39-24)40-31-30(38)29(37)28(36)26(21-32)41-31/h3-4,6-9,11-14,17,19,22-26,28-34,36-38H,2,5,10,15-16,18,20-21H2,1H3/b4-3?,9-6?,12-7?,14-8?,17-11+,19-13?. The molecule has 2 heterocycles. The van der Waals surface area contributed by atoms with E-state index in [4.69, 9.17) is 14.2 Å². The van der Waals surface area contributed by atoms with Crippen LogP contribution in [0.2, 0.25) is 0 Å². The SMILES string of the molecule is CCC1CCCC=CC=CC(O)CC(O)CC=C/C=C/C(OC2OC(CO)C(O)C(O)C2O)CC=CC=CC(=O)O1. The number of rotatable bonds is 4. The Morgan fingerprint density at radius 1 is 0.878 bits per heavy atom. The smallest absolute Gasteiger partial charge is 0.331 e. The molecule has 2 rings (SSSR count). The molecule has 0 saturated carbocycles. The van der Waals surface area contributed by atoms with E-state index in [-0.39, 0.29) is 12.5 Å². The van der Waals surface area contributed by atoms with Gasteiger partial charge in [-0.2, -0.15) is 0 Å². The summed E-state index contributed by atoms with van der Waals surface area (Å²) in [5.74, 6) is -0.440. The van der Waals surface area contributed by atoms with Crippen LogP contribution in [0.3, 0.4) is 0 Å². The van der Waals surface area contributed by atoms with Crippen LogP contribution in [0.1, 0.15) is 51.9 Å². The van der Waals surface area contributed by atoms with Crippen molar-refractivity contribution in [1.29, 1.82) is 0 Å². The van der Waals surface area contributed by atoms with Gasteiger partial charge >= 0.3 is 5.97 Å². The molecule has 0 amide bonds. The Hall–Kier alpha value is -2.41. The molecule has 0 radical (unpaired) electrons. The first-order valence-corrected chi connectivity index (χ1v) is 14.3. The number of aliphatic hydroxyl groups excluding tert-OH is 6. The van der Waals surface area contributed by atoms with E-state index in [0.29, 0.717) is 19.3 Å². The Bertz CT molecular complexity index is 922. The number of ether oxygens (including phenoxy) is 3. The number of allylic oxidation sites excluding steroid dienone is 7. The van der Waals surface area contributed by atoms with E-state index in [1.165, 1.54) is 6.08 Å². The minimum atomic E-state index is -1.57. The number of carbonyl (C=O) groups is 1. The number of esters is 1. The zero-order valence-corrected chi connectivity index (χ0v) is 23.6. The third-order valence-electron chi connectivity index (χ3n) is 6.72. The van der Waals surface area contributed by atoms with Gasteiger partial charge in [-0.05, 0) is 38.5 Å². The molecule has 0 aromatic heterocycles. The normalized spacial score (nSPS) is 36.0. The summed E-state index contributed by atoms with van der Waals surface area (Å²) >= 11 is 0. The predicted octanol–water partition coefficient (Wildman–Crippen LogP) is 1.91. The highest BCUT2D eigenvalue weighted by molar-refractivity contribution is 5.82. The number of hydrogen-bond donors (Lipinski definition) is 6. The zero-order valence-electron chi connectivity index (χ0n) is 23.6. The molecule has 9 unspecified atom stereocenters. The van der Waals surface area contributed by atoms with Gasteiger partial charge in [-0.25, -0.2) is 4.79 Å². The molecule has 2 aliphatic rings. The summed E-state index contributed by atoms with van der Waals surface area (Å²) in [6.07, 6.45) is 14.8. The molecule has 9 atom stereocenters. The van der Waals surface area contributed by atoms with E-state index in [1.54, 1.807) is 54.7 Å². The molecule has 0 aromatic rings. The van der Waals surface area contributed by atoms with E-state index in [0.717, 1.165) is 19.3 Å². The van der Waals surface area contributed by atoms with Crippen LogP contribution in [0.25, 0.3) is 0 Å². The first-order chi connectivity index (χ1) is 19.7. The summed E-state index contributed by atoms with van der Waals surface area (Å²) in [5.41, 5.74) is 0. The number of carbonyl (C=O) groups excluding carboxylic acids is 1. The fourth-order valence-electron chi connectivity index (χ4n) is 4.29. The molecule has 41 heavy (non-hydrogen) atoms. The van der Waals surface area contributed by atoms with E-state index < -0.39 is 61.6 Å². The fraction of sp³-hybridized carbons (Fsp3) is 0.581. The second-order valence-electron chi connectivity index (χ2n) is 10.1. The lowest BCUT2D eigenvalue weighted by molar-refractivity contribution is -0.307. The zero-order chi connectivity index (χ0) is 30.0. The number of aliphatic hydroxyl groups is 6. The van der Waals surface area contributed by atoms with Crippen LogP contribution < -0.4 is 0 Å². The van der Waals surface area contributed by atoms with Gasteiger partial charge in [0.25, 0.3) is 0 Å². The summed E-state index contributed by atoms with van der Waals surface area (Å²) in [6.45, 7) is 1.39. The van der Waals surface area contributed by atoms with Crippen LogP contribution in [0, 0.1) is 0 Å². The van der Waals surface area contributed by atoms with Crippen LogP contribution in [0.5, 0.6) is 0 Å². The highest BCUT2D eigenvalue weighted by Gasteiger charge is 2.44. The molecule has 0 aliphatic carbocycles. The lowest BCUT2D eigenvalue weighted by Gasteiger charge is -2.40. The van der Waals surface area contributed by atoms with Crippen LogP contribution >= 0.6 is 0 Å². The van der Waals surface area contributed by atoms with Gasteiger partial charge < -0.3 is 44.8 Å². The molecule has 1 fully saturated rings. The van der Waals surface area contributed by atoms with Gasteiger partial charge in [-0.1, -0.05) is 73.8 Å². The van der Waals surface area contributed by atoms with Gasteiger partial charge in [0, 0.05) is 12.5 Å². The lowest BCUT2D eigenvalue weighted by Crippen LogP contribution is -2.59. The molecule has 10 nitrogen and oxygen atoms in total. The van der Waals surface area contributed by atoms with Crippen LogP contribution in [-0.2, 0) is 19.0 Å². The van der Waals surface area contributed by atoms with Crippen molar-refractivity contribution in [3.05, 3.63) is 72.9 Å². The first-order valence-electron chi connectivity index (χ1n) is 14.3. The minimum Gasteiger partial charge on any atom is -0.459 e. The van der Waals surface area contributed by atoms with Gasteiger partial charge in [-0.15, -0.1) is 0 Å². The van der Waals surface area contributed by atoms with Crippen molar-refractivity contribution in [2.45, 2.75) is 107 Å². The summed E-state index contributed by atoms with van der Waals surface area (Å²) in [7, 11) is 0. The molecule has 1 saturated heterocycles. The molecule has 230 valence electrons. The topological polar surface area (TPSA) is 166 Å². The van der Waals surface area contributed by atoms with Crippen molar-refractivity contribution in [2.24, 2.45) is 0 Å². The fourth-order valence-corrected chi connectivity index (χ4v) is 4.29. The number of hydrogen-bond acceptors (Lipinski definition) is 10. The maximum atomic E-state index is 12.2. The van der Waals surface area contributed by atoms with Crippen molar-refractivity contribution < 1.29 is 49.6 Å². The molecule has 2 aliphatic heterocycles. The molecule has 0 bridgehead atoms. The highest BCUT2D eigenvalue weighted by atomic mass is 16.7. The quantitative estimate of drug-likeness (QED) is 0.271. The summed E-state index contributed by atoms with van der Waals surface area (Å²) in [4.78, 5) is 12.2. The van der Waals surface area contributed by atoms with Crippen molar-refractivity contribution in [3.63, 3.8) is 0 Å². The average molecular weight is 579 g/mol. The molecular weight excluding hydrogens is 532 g/mol. The second kappa shape index (κ2) is 19.7. The Morgan fingerprint density at radius 3 is 2.34 bits per heavy atom. The Morgan fingerprint density at radius 2 is 1.59 bits per heavy atom. The third kappa shape index (κ3) is 13.4. The number of cyclic esters (lactones) is 1. The maximum absolute atomic E-state index is 12.2. The molecule has 0 spiro atoms. The van der Waals surface area contributed by atoms with E-state index in [1.807, 2.05) is 19.1 Å². The molecule has 6 N–H and O–H groups in total. The van der Waals surface area contributed by atoms with Crippen molar-refractivity contribution >= 4 is 5.97 Å². The van der Waals surface area contributed by atoms with Crippen molar-refractivity contribution in [3.8, 4) is 0 Å². The Kier molecular flexibility index (Phi) is 16.7. The largest absolute Gasteiger partial charge is 0.459 e. The third-order valence-corrected chi connectivity index (χ3v) is 6.72. The second-order valence-corrected chi connectivity index (χ2v) is 10.1. The summed E-state index contributed by atoms with van der Waals surface area (Å²) < 4.78 is 16.9. The van der Waals surface area contributed by atoms with Crippen LogP contribution in [0.4, 0.5) is 0 Å². The van der Waals surface area contributed by atoms with Crippen molar-refractivity contribution in [1.82, 2.24) is 0 Å². The van der Waals surface area contributed by atoms with E-state index >= 15 is 0 Å². The summed E-state index contributed by atoms with van der Waals surface area (Å²) in [5, 5.41) is 60.3. The van der Waals surface area contributed by atoms with Gasteiger partial charge in [-0.3, -0.25) is 0 Å². The Balaban J connectivity index is 2.14. The molecular formula is C31H46O10. The van der Waals surface area contributed by atoms with Gasteiger partial charge in [0.15, 0.2) is 6.29 Å². The average Bonchev–Trinajstić information content (AvgIpc) is 2.94. The molecule has 0 aromatic carbocycles. The predicted molar refractivity (Wildman–Crippen MR) is 153 cm³/mol. The maximum Gasteiger partial charge on any atom is 0.331 e. The minimum absolute atomic E-state index is 0.184. The monoisotopic (exact) mass is 578 g/mol. The van der Waals surface area contributed by atoms with E-state index in [9.17, 15) is 35.4 Å². The van der Waals surface area contributed by atoms with Gasteiger partial charge in [0.1, 0.15) is 30.5 Å². The highest BCUT2D eigenvalue weighted by Crippen LogP contribution is 2.24. The van der Waals surface area contributed by atoms with Crippen LogP contribution in [0.15, 0.2) is 72.9 Å². The van der Waals surface area contributed by atoms with Gasteiger partial charge in [0.05, 0.1) is 24.9 Å². The Labute approximate surface area is 242 Å². The lowest BCUT2D eigenvalue weighted by atomic mass is 9.99. The van der Waals surface area contributed by atoms with E-state index in [2.05, 4.69) is 0 Å². The molecule has 10 heteroatoms. The first kappa shape index (κ1) is 34.8. The van der Waals surface area contributed by atoms with Gasteiger partial charge in [0.2, 0.25) is 0 Å². The summed E-state index contributed by atoms with van der Waals surface area (Å²) in [6, 6.07) is 0. The van der Waals surface area contributed by atoms with Crippen molar-refractivity contribution in [2.75, 3.05) is 6.61 Å².